The van der Waals surface area contributed by atoms with Crippen LogP contribution in [0.4, 0.5) is 0 Å². The monoisotopic (exact) mass is 535 g/mol. The number of hydrogen-bond donors (Lipinski definition) is 1. The number of nitrogens with two attached hydrogens (primary N) is 1. The Kier molecular flexibility index (Phi) is 16.0. The Hall–Kier alpha value is -2.94. The Bertz CT molecular complexity index is 901. The SMILES string of the molecule is CCCCCC(=O)Oc1ccc(C[C@H](N)C(=O)O[C@@H](C)COC(=O)C(C)CC)cc1OC(=O)CCCCC. The van der Waals surface area contributed by atoms with E-state index in [4.69, 9.17) is 24.7 Å². The molecule has 0 fully saturated rings. The van der Waals surface area contributed by atoms with Gasteiger partial charge in [0.15, 0.2) is 11.5 Å². The molecule has 1 aromatic carbocycles. The van der Waals surface area contributed by atoms with E-state index in [2.05, 4.69) is 0 Å². The lowest BCUT2D eigenvalue weighted by Crippen LogP contribution is -2.37. The summed E-state index contributed by atoms with van der Waals surface area (Å²) in [6, 6.07) is 3.75. The number of hydrogen-bond acceptors (Lipinski definition) is 9. The molecule has 1 aromatic rings. The summed E-state index contributed by atoms with van der Waals surface area (Å²) >= 11 is 0. The molecule has 0 bridgehead atoms. The van der Waals surface area contributed by atoms with E-state index in [-0.39, 0.29) is 49.3 Å². The van der Waals surface area contributed by atoms with Gasteiger partial charge < -0.3 is 24.7 Å². The van der Waals surface area contributed by atoms with E-state index in [1.165, 1.54) is 6.07 Å². The molecule has 0 aromatic heterocycles. The van der Waals surface area contributed by atoms with Crippen LogP contribution in [-0.2, 0) is 35.1 Å². The minimum Gasteiger partial charge on any atom is -0.462 e. The molecule has 214 valence electrons. The van der Waals surface area contributed by atoms with Gasteiger partial charge in [0.05, 0.1) is 5.92 Å². The zero-order valence-electron chi connectivity index (χ0n) is 23.6. The quantitative estimate of drug-likeness (QED) is 0.156. The lowest BCUT2D eigenvalue weighted by atomic mass is 10.1. The Balaban J connectivity index is 2.85. The van der Waals surface area contributed by atoms with E-state index in [0.717, 1.165) is 25.7 Å². The number of carbonyl (C=O) groups is 4. The molecule has 2 N–H and O–H groups in total. The number of rotatable bonds is 18. The van der Waals surface area contributed by atoms with Crippen LogP contribution in [0.1, 0.15) is 98.0 Å². The van der Waals surface area contributed by atoms with Crippen LogP contribution in [0.5, 0.6) is 11.5 Å². The second kappa shape index (κ2) is 18.3. The number of esters is 4. The molecular formula is C29H45NO8. The molecule has 0 heterocycles. The zero-order valence-corrected chi connectivity index (χ0v) is 23.6. The standard InChI is InChI=1S/C29H45NO8/c1-6-9-11-13-26(31)37-24-16-15-22(18-25(24)38-27(32)14-12-10-7-2)17-23(30)29(34)36-21(5)19-35-28(33)20(4)8-3/h15-16,18,20-21,23H,6-14,17,19,30H2,1-5H3/t20?,21-,23-/m0/s1. The van der Waals surface area contributed by atoms with E-state index >= 15 is 0 Å². The molecule has 0 amide bonds. The summed E-state index contributed by atoms with van der Waals surface area (Å²) in [4.78, 5) is 49.0. The summed E-state index contributed by atoms with van der Waals surface area (Å²) in [5.74, 6) is -1.80. The normalized spacial score (nSPS) is 13.2. The molecule has 1 unspecified atom stereocenters. The van der Waals surface area contributed by atoms with Gasteiger partial charge in [0.25, 0.3) is 0 Å². The first-order chi connectivity index (χ1) is 18.1. The van der Waals surface area contributed by atoms with Crippen LogP contribution in [0.15, 0.2) is 18.2 Å². The van der Waals surface area contributed by atoms with Gasteiger partial charge in [0.1, 0.15) is 18.8 Å². The molecule has 0 saturated heterocycles. The van der Waals surface area contributed by atoms with Crippen molar-refractivity contribution in [1.29, 1.82) is 0 Å². The molecule has 1 rings (SSSR count). The third-order valence-corrected chi connectivity index (χ3v) is 5.98. The van der Waals surface area contributed by atoms with Crippen LogP contribution in [0.25, 0.3) is 0 Å². The van der Waals surface area contributed by atoms with Gasteiger partial charge in [-0.25, -0.2) is 0 Å². The summed E-state index contributed by atoms with van der Waals surface area (Å²) in [6.07, 6.45) is 5.79. The molecule has 0 aliphatic heterocycles. The third-order valence-electron chi connectivity index (χ3n) is 5.98. The largest absolute Gasteiger partial charge is 0.462 e. The predicted molar refractivity (Wildman–Crippen MR) is 144 cm³/mol. The first kappa shape index (κ1) is 33.1. The van der Waals surface area contributed by atoms with Gasteiger partial charge >= 0.3 is 23.9 Å². The van der Waals surface area contributed by atoms with Crippen molar-refractivity contribution in [2.75, 3.05) is 6.61 Å². The van der Waals surface area contributed by atoms with Crippen molar-refractivity contribution in [1.82, 2.24) is 0 Å². The molecule has 9 heteroatoms. The molecule has 0 spiro atoms. The van der Waals surface area contributed by atoms with Crippen LogP contribution in [0, 0.1) is 5.92 Å². The lowest BCUT2D eigenvalue weighted by molar-refractivity contribution is -0.160. The van der Waals surface area contributed by atoms with Gasteiger partial charge in [0, 0.05) is 12.8 Å². The van der Waals surface area contributed by atoms with Crippen molar-refractivity contribution in [3.63, 3.8) is 0 Å². The van der Waals surface area contributed by atoms with Crippen molar-refractivity contribution in [3.8, 4) is 11.5 Å². The first-order valence-electron chi connectivity index (χ1n) is 13.8. The van der Waals surface area contributed by atoms with Crippen LogP contribution in [0.3, 0.4) is 0 Å². The number of carbonyl (C=O) groups excluding carboxylic acids is 4. The summed E-state index contributed by atoms with van der Waals surface area (Å²) in [7, 11) is 0. The molecule has 0 aliphatic carbocycles. The average molecular weight is 536 g/mol. The van der Waals surface area contributed by atoms with Crippen LogP contribution < -0.4 is 15.2 Å². The average Bonchev–Trinajstić information content (AvgIpc) is 2.88. The highest BCUT2D eigenvalue weighted by molar-refractivity contribution is 5.77. The molecular weight excluding hydrogens is 490 g/mol. The third kappa shape index (κ3) is 13.0. The summed E-state index contributed by atoms with van der Waals surface area (Å²) < 4.78 is 21.5. The van der Waals surface area contributed by atoms with E-state index in [0.29, 0.717) is 24.8 Å². The predicted octanol–water partition coefficient (Wildman–Crippen LogP) is 5.05. The fourth-order valence-electron chi connectivity index (χ4n) is 3.39. The molecule has 0 saturated carbocycles. The Labute approximate surface area is 226 Å². The maximum absolute atomic E-state index is 12.5. The summed E-state index contributed by atoms with van der Waals surface area (Å²) in [5.41, 5.74) is 6.67. The molecule has 9 nitrogen and oxygen atoms in total. The van der Waals surface area contributed by atoms with E-state index in [9.17, 15) is 19.2 Å². The number of unbranched alkanes of at least 4 members (excludes halogenated alkanes) is 4. The molecule has 38 heavy (non-hydrogen) atoms. The van der Waals surface area contributed by atoms with Crippen molar-refractivity contribution in [2.24, 2.45) is 11.7 Å². The zero-order chi connectivity index (χ0) is 28.5. The number of ether oxygens (including phenoxy) is 4. The van der Waals surface area contributed by atoms with Crippen molar-refractivity contribution in [3.05, 3.63) is 23.8 Å². The van der Waals surface area contributed by atoms with Gasteiger partial charge in [-0.1, -0.05) is 59.4 Å². The van der Waals surface area contributed by atoms with Crippen LogP contribution >= 0.6 is 0 Å². The second-order valence-electron chi connectivity index (χ2n) is 9.64. The van der Waals surface area contributed by atoms with Crippen molar-refractivity contribution >= 4 is 23.9 Å². The molecule has 3 atom stereocenters. The maximum Gasteiger partial charge on any atom is 0.323 e. The minimum atomic E-state index is -1.00. The van der Waals surface area contributed by atoms with Crippen molar-refractivity contribution < 1.29 is 38.1 Å². The highest BCUT2D eigenvalue weighted by atomic mass is 16.6. The van der Waals surface area contributed by atoms with E-state index < -0.39 is 30.1 Å². The smallest absolute Gasteiger partial charge is 0.323 e. The maximum atomic E-state index is 12.5. The second-order valence-corrected chi connectivity index (χ2v) is 9.64. The van der Waals surface area contributed by atoms with Crippen molar-refractivity contribution in [2.45, 2.75) is 111 Å². The van der Waals surface area contributed by atoms with Gasteiger partial charge in [0.2, 0.25) is 0 Å². The van der Waals surface area contributed by atoms with E-state index in [1.807, 2.05) is 20.8 Å². The topological polar surface area (TPSA) is 131 Å². The van der Waals surface area contributed by atoms with E-state index in [1.54, 1.807) is 26.0 Å². The minimum absolute atomic E-state index is 0.0575. The Morgan fingerprint density at radius 3 is 1.95 bits per heavy atom. The molecule has 0 radical (unpaired) electrons. The van der Waals surface area contributed by atoms with Gasteiger partial charge in [-0.15, -0.1) is 0 Å². The first-order valence-corrected chi connectivity index (χ1v) is 13.8. The van der Waals surface area contributed by atoms with Gasteiger partial charge in [-0.3, -0.25) is 19.2 Å². The van der Waals surface area contributed by atoms with Crippen LogP contribution in [0.2, 0.25) is 0 Å². The highest BCUT2D eigenvalue weighted by Gasteiger charge is 2.22. The summed E-state index contributed by atoms with van der Waals surface area (Å²) in [6.45, 7) is 9.30. The number of benzene rings is 1. The fourth-order valence-corrected chi connectivity index (χ4v) is 3.39. The summed E-state index contributed by atoms with van der Waals surface area (Å²) in [5, 5.41) is 0. The Morgan fingerprint density at radius 1 is 0.816 bits per heavy atom. The Morgan fingerprint density at radius 2 is 1.39 bits per heavy atom. The lowest BCUT2D eigenvalue weighted by Gasteiger charge is -2.18. The van der Waals surface area contributed by atoms with Gasteiger partial charge in [-0.2, -0.15) is 0 Å². The van der Waals surface area contributed by atoms with Crippen LogP contribution in [-0.4, -0.2) is 42.6 Å². The van der Waals surface area contributed by atoms with Gasteiger partial charge in [-0.05, 0) is 50.3 Å². The fraction of sp³-hybridized carbons (Fsp3) is 0.655. The highest BCUT2D eigenvalue weighted by Crippen LogP contribution is 2.30. The molecule has 0 aliphatic rings.